The number of aromatic amines is 1. The van der Waals surface area contributed by atoms with Crippen LogP contribution in [0.3, 0.4) is 0 Å². The van der Waals surface area contributed by atoms with Crippen molar-refractivity contribution in [1.29, 1.82) is 0 Å². The molecule has 4 heterocycles. The lowest BCUT2D eigenvalue weighted by Gasteiger charge is -2.34. The number of amides is 1. The van der Waals surface area contributed by atoms with Gasteiger partial charge in [-0.15, -0.1) is 0 Å². The Morgan fingerprint density at radius 1 is 1.13 bits per heavy atom. The molecule has 0 atom stereocenters. The second kappa shape index (κ2) is 7.58. The molecule has 0 aliphatic carbocycles. The van der Waals surface area contributed by atoms with E-state index in [1.807, 2.05) is 42.2 Å². The van der Waals surface area contributed by atoms with E-state index in [1.165, 1.54) is 0 Å². The van der Waals surface area contributed by atoms with Gasteiger partial charge in [0.25, 0.3) is 5.91 Å². The summed E-state index contributed by atoms with van der Waals surface area (Å²) < 4.78 is 2.12. The highest BCUT2D eigenvalue weighted by atomic mass is 16.2. The lowest BCUT2D eigenvalue weighted by atomic mass is 10.2. The molecule has 0 radical (unpaired) electrons. The molecule has 5 rings (SSSR count). The highest BCUT2D eigenvalue weighted by Crippen LogP contribution is 2.18. The lowest BCUT2D eigenvalue weighted by molar-refractivity contribution is 0.0740. The third-order valence-electron chi connectivity index (χ3n) is 5.46. The number of hydrogen-bond donors (Lipinski definition) is 1. The molecule has 1 aromatic carbocycles. The van der Waals surface area contributed by atoms with Crippen molar-refractivity contribution in [3.8, 4) is 0 Å². The van der Waals surface area contributed by atoms with Gasteiger partial charge in [-0.25, -0.2) is 9.97 Å². The number of H-pyrrole nitrogens is 1. The first-order valence-corrected chi connectivity index (χ1v) is 9.95. The van der Waals surface area contributed by atoms with Crippen molar-refractivity contribution in [2.24, 2.45) is 0 Å². The van der Waals surface area contributed by atoms with Crippen molar-refractivity contribution in [3.05, 3.63) is 66.1 Å². The van der Waals surface area contributed by atoms with Crippen LogP contribution in [0.15, 0.2) is 48.9 Å². The molecule has 9 heteroatoms. The maximum absolute atomic E-state index is 12.9. The summed E-state index contributed by atoms with van der Waals surface area (Å²) in [4.78, 5) is 29.9. The molecule has 1 amide bonds. The minimum atomic E-state index is -0.0523. The Morgan fingerprint density at radius 2 is 1.97 bits per heavy atom. The Kier molecular flexibility index (Phi) is 4.62. The minimum Gasteiger partial charge on any atom is -0.352 e. The zero-order valence-corrected chi connectivity index (χ0v) is 16.7. The van der Waals surface area contributed by atoms with Crippen molar-refractivity contribution in [3.63, 3.8) is 0 Å². The highest BCUT2D eigenvalue weighted by molar-refractivity contribution is 5.92. The van der Waals surface area contributed by atoms with Gasteiger partial charge in [-0.3, -0.25) is 14.9 Å². The Balaban J connectivity index is 1.26. The topological polar surface area (TPSA) is 95.8 Å². The summed E-state index contributed by atoms with van der Waals surface area (Å²) in [6, 6.07) is 9.88. The summed E-state index contributed by atoms with van der Waals surface area (Å²) in [7, 11) is 0. The fourth-order valence-corrected chi connectivity index (χ4v) is 3.87. The van der Waals surface area contributed by atoms with Gasteiger partial charge < -0.3 is 14.4 Å². The number of hydrogen-bond acceptors (Lipinski definition) is 6. The molecule has 9 nitrogen and oxygen atoms in total. The molecule has 0 bridgehead atoms. The average Bonchev–Trinajstić information content (AvgIpc) is 3.39. The van der Waals surface area contributed by atoms with Crippen molar-refractivity contribution in [2.45, 2.75) is 13.5 Å². The zero-order valence-electron chi connectivity index (χ0n) is 16.7. The van der Waals surface area contributed by atoms with Crippen molar-refractivity contribution in [2.75, 3.05) is 31.1 Å². The second-order valence-corrected chi connectivity index (χ2v) is 7.36. The Bertz CT molecular complexity index is 1170. The normalized spacial score (nSPS) is 14.4. The average molecular weight is 402 g/mol. The number of piperazine rings is 1. The van der Waals surface area contributed by atoms with Crippen molar-refractivity contribution >= 4 is 22.8 Å². The maximum atomic E-state index is 12.9. The molecule has 3 aromatic heterocycles. The molecule has 1 aliphatic heterocycles. The van der Waals surface area contributed by atoms with E-state index in [9.17, 15) is 4.79 Å². The molecule has 152 valence electrons. The number of carbonyl (C=O) groups is 1. The number of para-hydroxylation sites is 2. The van der Waals surface area contributed by atoms with Gasteiger partial charge in [-0.2, -0.15) is 5.10 Å². The van der Waals surface area contributed by atoms with Crippen LogP contribution in [0.2, 0.25) is 0 Å². The summed E-state index contributed by atoms with van der Waals surface area (Å²) in [5.41, 5.74) is 3.35. The van der Waals surface area contributed by atoms with Crippen LogP contribution in [0.4, 0.5) is 5.82 Å². The summed E-state index contributed by atoms with van der Waals surface area (Å²) >= 11 is 0. The lowest BCUT2D eigenvalue weighted by Crippen LogP contribution is -2.49. The highest BCUT2D eigenvalue weighted by Gasteiger charge is 2.24. The zero-order chi connectivity index (χ0) is 20.5. The number of anilines is 1. The molecule has 4 aromatic rings. The summed E-state index contributed by atoms with van der Waals surface area (Å²) in [5.74, 6) is 1.72. The number of benzene rings is 1. The SMILES string of the molecule is Cc1nc2ccccc2n1Cc1cc(C(=O)N2CCN(c3cnccn3)CC2)n[nH]1. The van der Waals surface area contributed by atoms with Gasteiger partial charge in [0, 0.05) is 38.6 Å². The number of imidazole rings is 1. The summed E-state index contributed by atoms with van der Waals surface area (Å²) in [5, 5.41) is 7.29. The molecule has 1 aliphatic rings. The van der Waals surface area contributed by atoms with Gasteiger partial charge in [0.2, 0.25) is 0 Å². The third-order valence-corrected chi connectivity index (χ3v) is 5.46. The van der Waals surface area contributed by atoms with Gasteiger partial charge in [0.05, 0.1) is 29.5 Å². The van der Waals surface area contributed by atoms with Gasteiger partial charge in [-0.05, 0) is 25.1 Å². The molecule has 0 saturated carbocycles. The van der Waals surface area contributed by atoms with E-state index in [0.717, 1.165) is 41.5 Å². The second-order valence-electron chi connectivity index (χ2n) is 7.36. The number of rotatable bonds is 4. The van der Waals surface area contributed by atoms with E-state index in [2.05, 4.69) is 34.6 Å². The standard InChI is InChI=1S/C21H22N8O/c1-15-24-17-4-2-3-5-19(17)29(15)14-16-12-18(26-25-16)21(30)28-10-8-27(9-11-28)20-13-22-6-7-23-20/h2-7,12-13H,8-11,14H2,1H3,(H,25,26). The molecule has 1 saturated heterocycles. The van der Waals surface area contributed by atoms with Crippen LogP contribution in [0.1, 0.15) is 22.0 Å². The van der Waals surface area contributed by atoms with Gasteiger partial charge in [-0.1, -0.05) is 12.1 Å². The largest absolute Gasteiger partial charge is 0.352 e. The summed E-state index contributed by atoms with van der Waals surface area (Å²) in [6.07, 6.45) is 5.09. The summed E-state index contributed by atoms with van der Waals surface area (Å²) in [6.45, 7) is 5.28. The van der Waals surface area contributed by atoms with Crippen LogP contribution < -0.4 is 4.90 Å². The molecule has 1 fully saturated rings. The number of nitrogens with zero attached hydrogens (tertiary/aromatic N) is 7. The minimum absolute atomic E-state index is 0.0523. The third kappa shape index (κ3) is 3.38. The molecule has 0 spiro atoms. The van der Waals surface area contributed by atoms with E-state index < -0.39 is 0 Å². The van der Waals surface area contributed by atoms with Crippen LogP contribution >= 0.6 is 0 Å². The van der Waals surface area contributed by atoms with Crippen LogP contribution in [0, 0.1) is 6.92 Å². The Hall–Kier alpha value is -3.75. The van der Waals surface area contributed by atoms with E-state index in [-0.39, 0.29) is 5.91 Å². The molecule has 30 heavy (non-hydrogen) atoms. The molecular weight excluding hydrogens is 380 g/mol. The Morgan fingerprint density at radius 3 is 2.77 bits per heavy atom. The van der Waals surface area contributed by atoms with Gasteiger partial charge in [0.1, 0.15) is 17.3 Å². The number of nitrogens with one attached hydrogen (secondary N) is 1. The molecule has 0 unspecified atom stereocenters. The number of aromatic nitrogens is 6. The van der Waals surface area contributed by atoms with Gasteiger partial charge >= 0.3 is 0 Å². The molecule has 1 N–H and O–H groups in total. The van der Waals surface area contributed by atoms with Crippen LogP contribution in [0.25, 0.3) is 11.0 Å². The first-order chi connectivity index (χ1) is 14.7. The first-order valence-electron chi connectivity index (χ1n) is 9.95. The number of fused-ring (bicyclic) bond motifs is 1. The predicted molar refractivity (Wildman–Crippen MR) is 112 cm³/mol. The van der Waals surface area contributed by atoms with Crippen LogP contribution in [0.5, 0.6) is 0 Å². The van der Waals surface area contributed by atoms with Crippen LogP contribution in [-0.2, 0) is 6.54 Å². The molecular formula is C21H22N8O. The van der Waals surface area contributed by atoms with E-state index in [4.69, 9.17) is 0 Å². The van der Waals surface area contributed by atoms with E-state index in [1.54, 1.807) is 18.6 Å². The first kappa shape index (κ1) is 18.3. The van der Waals surface area contributed by atoms with Crippen molar-refractivity contribution < 1.29 is 4.79 Å². The monoisotopic (exact) mass is 402 g/mol. The number of carbonyl (C=O) groups excluding carboxylic acids is 1. The maximum Gasteiger partial charge on any atom is 0.274 e. The fraction of sp³-hybridized carbons (Fsp3) is 0.286. The van der Waals surface area contributed by atoms with E-state index >= 15 is 0 Å². The predicted octanol–water partition coefficient (Wildman–Crippen LogP) is 1.87. The quantitative estimate of drug-likeness (QED) is 0.560. The van der Waals surface area contributed by atoms with E-state index in [0.29, 0.717) is 25.3 Å². The van der Waals surface area contributed by atoms with Gasteiger partial charge in [0.15, 0.2) is 0 Å². The van der Waals surface area contributed by atoms with Crippen LogP contribution in [-0.4, -0.2) is 66.7 Å². The fourth-order valence-electron chi connectivity index (χ4n) is 3.87. The Labute approximate surface area is 173 Å². The number of aryl methyl sites for hydroxylation is 1. The smallest absolute Gasteiger partial charge is 0.274 e. The van der Waals surface area contributed by atoms with Crippen molar-refractivity contribution in [1.82, 2.24) is 34.6 Å².